The Morgan fingerprint density at radius 1 is 1.59 bits per heavy atom. The molecule has 96 valence electrons. The zero-order valence-electron chi connectivity index (χ0n) is 11.0. The Balaban J connectivity index is 2.02. The summed E-state index contributed by atoms with van der Waals surface area (Å²) in [6, 6.07) is 0. The SMILES string of the molecule is CSC(=O)OCC1(C)C=C2CC(C2)CC(C)C1. The lowest BCUT2D eigenvalue weighted by Gasteiger charge is -2.40. The van der Waals surface area contributed by atoms with Crippen LogP contribution in [-0.4, -0.2) is 18.2 Å². The van der Waals surface area contributed by atoms with Crippen molar-refractivity contribution in [1.82, 2.24) is 0 Å². The molecule has 3 heteroatoms. The van der Waals surface area contributed by atoms with Crippen molar-refractivity contribution in [2.45, 2.75) is 39.5 Å². The monoisotopic (exact) mass is 254 g/mol. The molecule has 0 aromatic carbocycles. The number of thioether (sulfide) groups is 1. The van der Waals surface area contributed by atoms with Gasteiger partial charge in [-0.2, -0.15) is 0 Å². The molecule has 0 saturated heterocycles. The van der Waals surface area contributed by atoms with E-state index in [9.17, 15) is 4.79 Å². The Bertz CT molecular complexity index is 329. The molecule has 0 amide bonds. The quantitative estimate of drug-likeness (QED) is 0.544. The molecule has 0 spiro atoms. The Hall–Kier alpha value is -0.440. The maximum absolute atomic E-state index is 11.2. The van der Waals surface area contributed by atoms with Crippen LogP contribution in [0.15, 0.2) is 11.6 Å². The second-order valence-electron chi connectivity index (χ2n) is 6.02. The van der Waals surface area contributed by atoms with Gasteiger partial charge in [0.1, 0.15) is 6.61 Å². The summed E-state index contributed by atoms with van der Waals surface area (Å²) in [5, 5.41) is -0.161. The summed E-state index contributed by atoms with van der Waals surface area (Å²) in [5.74, 6) is 1.66. The molecule has 0 heterocycles. The largest absolute Gasteiger partial charge is 0.457 e. The average molecular weight is 254 g/mol. The van der Waals surface area contributed by atoms with Gasteiger partial charge in [0.15, 0.2) is 0 Å². The van der Waals surface area contributed by atoms with E-state index in [0.29, 0.717) is 6.61 Å². The number of hydrogen-bond acceptors (Lipinski definition) is 3. The van der Waals surface area contributed by atoms with Crippen molar-refractivity contribution in [3.63, 3.8) is 0 Å². The summed E-state index contributed by atoms with van der Waals surface area (Å²) in [6.45, 7) is 5.08. The van der Waals surface area contributed by atoms with E-state index in [-0.39, 0.29) is 10.7 Å². The van der Waals surface area contributed by atoms with E-state index in [1.165, 1.54) is 19.3 Å². The van der Waals surface area contributed by atoms with Gasteiger partial charge in [-0.05, 0) is 55.5 Å². The molecule has 0 aromatic heterocycles. The number of rotatable bonds is 2. The van der Waals surface area contributed by atoms with E-state index in [1.807, 2.05) is 0 Å². The van der Waals surface area contributed by atoms with Crippen molar-refractivity contribution in [3.05, 3.63) is 11.6 Å². The molecule has 2 unspecified atom stereocenters. The van der Waals surface area contributed by atoms with Crippen LogP contribution >= 0.6 is 11.8 Å². The molecule has 0 N–H and O–H groups in total. The van der Waals surface area contributed by atoms with Gasteiger partial charge < -0.3 is 4.74 Å². The number of fused-ring (bicyclic) bond motifs is 4. The fraction of sp³-hybridized carbons (Fsp3) is 0.786. The van der Waals surface area contributed by atoms with Gasteiger partial charge in [0.2, 0.25) is 0 Å². The number of carbonyl (C=O) groups excluding carboxylic acids is 1. The second kappa shape index (κ2) is 5.05. The lowest BCUT2D eigenvalue weighted by atomic mass is 9.66. The van der Waals surface area contributed by atoms with Crippen LogP contribution in [-0.2, 0) is 4.74 Å². The summed E-state index contributed by atoms with van der Waals surface area (Å²) in [6.07, 6.45) is 9.16. The van der Waals surface area contributed by atoms with Crippen LogP contribution < -0.4 is 0 Å². The minimum absolute atomic E-state index is 0.0472. The van der Waals surface area contributed by atoms with Gasteiger partial charge in [-0.15, -0.1) is 0 Å². The first-order valence-corrected chi connectivity index (χ1v) is 7.64. The molecular weight excluding hydrogens is 232 g/mol. The highest BCUT2D eigenvalue weighted by Crippen LogP contribution is 2.46. The fourth-order valence-electron chi connectivity index (χ4n) is 3.35. The molecule has 2 bridgehead atoms. The number of carbonyl (C=O) groups is 1. The van der Waals surface area contributed by atoms with Crippen LogP contribution in [0.2, 0.25) is 0 Å². The zero-order valence-corrected chi connectivity index (χ0v) is 11.8. The van der Waals surface area contributed by atoms with Crippen LogP contribution in [0.1, 0.15) is 39.5 Å². The average Bonchev–Trinajstić information content (AvgIpc) is 2.20. The molecule has 0 radical (unpaired) electrons. The van der Waals surface area contributed by atoms with Gasteiger partial charge in [-0.1, -0.05) is 25.5 Å². The minimum atomic E-state index is -0.161. The van der Waals surface area contributed by atoms with Gasteiger partial charge >= 0.3 is 5.30 Å². The van der Waals surface area contributed by atoms with Crippen molar-refractivity contribution in [1.29, 1.82) is 0 Å². The molecular formula is C14H22O2S. The smallest absolute Gasteiger partial charge is 0.367 e. The second-order valence-corrected chi connectivity index (χ2v) is 6.76. The van der Waals surface area contributed by atoms with Gasteiger partial charge in [-0.25, -0.2) is 4.79 Å². The molecule has 2 atom stereocenters. The Labute approximate surface area is 108 Å². The lowest BCUT2D eigenvalue weighted by Crippen LogP contribution is -2.31. The van der Waals surface area contributed by atoms with E-state index >= 15 is 0 Å². The van der Waals surface area contributed by atoms with Crippen molar-refractivity contribution in [2.75, 3.05) is 12.9 Å². The van der Waals surface area contributed by atoms with E-state index in [4.69, 9.17) is 4.74 Å². The normalized spacial score (nSPS) is 36.3. The van der Waals surface area contributed by atoms with Crippen molar-refractivity contribution in [3.8, 4) is 0 Å². The lowest BCUT2D eigenvalue weighted by molar-refractivity contribution is 0.110. The van der Waals surface area contributed by atoms with E-state index in [0.717, 1.165) is 30.0 Å². The first-order chi connectivity index (χ1) is 8.00. The predicted octanol–water partition coefficient (Wildman–Crippen LogP) is 4.26. The summed E-state index contributed by atoms with van der Waals surface area (Å²) >= 11 is 1.15. The molecule has 3 rings (SSSR count). The van der Waals surface area contributed by atoms with E-state index in [1.54, 1.807) is 11.8 Å². The first-order valence-electron chi connectivity index (χ1n) is 6.42. The Kier molecular flexibility index (Phi) is 3.86. The molecule has 1 fully saturated rings. The molecule has 3 aliphatic carbocycles. The molecule has 3 aliphatic rings. The van der Waals surface area contributed by atoms with Gasteiger partial charge in [0, 0.05) is 5.41 Å². The van der Waals surface area contributed by atoms with Crippen molar-refractivity contribution in [2.24, 2.45) is 17.3 Å². The highest BCUT2D eigenvalue weighted by Gasteiger charge is 2.35. The summed E-state index contributed by atoms with van der Waals surface area (Å²) in [4.78, 5) is 11.2. The molecule has 2 nitrogen and oxygen atoms in total. The standard InChI is InChI=1S/C14H22O2S/c1-10-4-11-5-12(6-11)8-14(2,7-10)9-16-13(15)17-3/h8,10-11H,4-7,9H2,1-3H3. The van der Waals surface area contributed by atoms with E-state index in [2.05, 4.69) is 19.9 Å². The Morgan fingerprint density at radius 2 is 2.29 bits per heavy atom. The molecule has 0 aliphatic heterocycles. The van der Waals surface area contributed by atoms with Crippen LogP contribution in [0.3, 0.4) is 0 Å². The molecule has 0 aromatic rings. The molecule has 1 saturated carbocycles. The molecule has 17 heavy (non-hydrogen) atoms. The van der Waals surface area contributed by atoms with Gasteiger partial charge in [0.05, 0.1) is 0 Å². The third kappa shape index (κ3) is 3.27. The van der Waals surface area contributed by atoms with Crippen LogP contribution in [0.4, 0.5) is 4.79 Å². The summed E-state index contributed by atoms with van der Waals surface area (Å²) in [7, 11) is 0. The van der Waals surface area contributed by atoms with Crippen molar-refractivity contribution >= 4 is 17.1 Å². The summed E-state index contributed by atoms with van der Waals surface area (Å²) < 4.78 is 5.32. The predicted molar refractivity (Wildman–Crippen MR) is 72.2 cm³/mol. The number of hydrogen-bond donors (Lipinski definition) is 0. The minimum Gasteiger partial charge on any atom is -0.457 e. The maximum atomic E-state index is 11.2. The zero-order chi connectivity index (χ0) is 12.5. The highest BCUT2D eigenvalue weighted by molar-refractivity contribution is 8.12. The van der Waals surface area contributed by atoms with Crippen LogP contribution in [0.25, 0.3) is 0 Å². The highest BCUT2D eigenvalue weighted by atomic mass is 32.2. The third-order valence-corrected chi connectivity index (χ3v) is 4.34. The number of allylic oxidation sites excluding steroid dienone is 1. The third-order valence-electron chi connectivity index (χ3n) is 3.89. The van der Waals surface area contributed by atoms with E-state index < -0.39 is 0 Å². The topological polar surface area (TPSA) is 26.3 Å². The van der Waals surface area contributed by atoms with Crippen molar-refractivity contribution < 1.29 is 9.53 Å². The Morgan fingerprint density at radius 3 is 2.94 bits per heavy atom. The summed E-state index contributed by atoms with van der Waals surface area (Å²) in [5.41, 5.74) is 1.62. The fourth-order valence-corrected chi connectivity index (χ4v) is 3.53. The van der Waals surface area contributed by atoms with Crippen LogP contribution in [0, 0.1) is 17.3 Å². The first kappa shape index (κ1) is 13.0. The van der Waals surface area contributed by atoms with Gasteiger partial charge in [-0.3, -0.25) is 0 Å². The number of ether oxygens (including phenoxy) is 1. The van der Waals surface area contributed by atoms with Gasteiger partial charge in [0.25, 0.3) is 0 Å². The maximum Gasteiger partial charge on any atom is 0.367 e. The van der Waals surface area contributed by atoms with Crippen LogP contribution in [0.5, 0.6) is 0 Å².